The van der Waals surface area contributed by atoms with Crippen LogP contribution in [0, 0.1) is 0 Å². The van der Waals surface area contributed by atoms with Crippen molar-refractivity contribution in [3.05, 3.63) is 42.5 Å². The van der Waals surface area contributed by atoms with Crippen molar-refractivity contribution in [2.75, 3.05) is 7.11 Å². The lowest BCUT2D eigenvalue weighted by Crippen LogP contribution is -2.35. The van der Waals surface area contributed by atoms with Gasteiger partial charge in [-0.1, -0.05) is 24.3 Å². The van der Waals surface area contributed by atoms with Crippen molar-refractivity contribution < 1.29 is 4.74 Å². The van der Waals surface area contributed by atoms with Gasteiger partial charge in [-0.15, -0.1) is 6.58 Å². The lowest BCUT2D eigenvalue weighted by molar-refractivity contribution is 0.400. The number of rotatable bonds is 8. The molecule has 1 aromatic carbocycles. The number of nitrogens with one attached hydrogen (secondary N) is 1. The summed E-state index contributed by atoms with van der Waals surface area (Å²) >= 11 is 0. The second-order valence-electron chi connectivity index (χ2n) is 4.85. The molecule has 0 radical (unpaired) electrons. The van der Waals surface area contributed by atoms with Crippen molar-refractivity contribution in [3.63, 3.8) is 0 Å². The van der Waals surface area contributed by atoms with E-state index in [4.69, 9.17) is 4.74 Å². The fraction of sp³-hybridized carbons (Fsp3) is 0.500. The quantitative estimate of drug-likeness (QED) is 0.709. The maximum absolute atomic E-state index is 5.38. The molecule has 0 aliphatic heterocycles. The van der Waals surface area contributed by atoms with Crippen molar-refractivity contribution in [3.8, 4) is 5.75 Å². The summed E-state index contributed by atoms with van der Waals surface area (Å²) in [4.78, 5) is 0. The van der Waals surface area contributed by atoms with Crippen LogP contribution in [0.1, 0.15) is 32.3 Å². The van der Waals surface area contributed by atoms with E-state index >= 15 is 0 Å². The summed E-state index contributed by atoms with van der Waals surface area (Å²) in [5.41, 5.74) is 1.26. The molecule has 0 amide bonds. The first-order valence-corrected chi connectivity index (χ1v) is 6.66. The van der Waals surface area contributed by atoms with Gasteiger partial charge in [-0.05, 0) is 44.7 Å². The molecular formula is C16H25NO. The van der Waals surface area contributed by atoms with Crippen LogP contribution in [-0.2, 0) is 6.42 Å². The van der Waals surface area contributed by atoms with Gasteiger partial charge < -0.3 is 10.1 Å². The second kappa shape index (κ2) is 7.93. The standard InChI is InChI=1S/C16H25NO/c1-5-6-9-13(2)17-14(3)12-15-10-7-8-11-16(15)18-4/h5,7-8,10-11,13-14,17H,1,6,9,12H2,2-4H3. The first kappa shape index (κ1) is 14.8. The predicted molar refractivity (Wildman–Crippen MR) is 78.2 cm³/mol. The zero-order chi connectivity index (χ0) is 13.4. The molecule has 2 heteroatoms. The summed E-state index contributed by atoms with van der Waals surface area (Å²) < 4.78 is 5.38. The van der Waals surface area contributed by atoms with E-state index in [1.807, 2.05) is 18.2 Å². The van der Waals surface area contributed by atoms with Crippen LogP contribution in [0.4, 0.5) is 0 Å². The van der Waals surface area contributed by atoms with Gasteiger partial charge in [-0.2, -0.15) is 0 Å². The lowest BCUT2D eigenvalue weighted by Gasteiger charge is -2.20. The van der Waals surface area contributed by atoms with Gasteiger partial charge in [0.05, 0.1) is 7.11 Å². The largest absolute Gasteiger partial charge is 0.496 e. The summed E-state index contributed by atoms with van der Waals surface area (Å²) in [5, 5.41) is 3.61. The van der Waals surface area contributed by atoms with E-state index < -0.39 is 0 Å². The SMILES string of the molecule is C=CCCC(C)NC(C)Cc1ccccc1OC. The highest BCUT2D eigenvalue weighted by atomic mass is 16.5. The van der Waals surface area contributed by atoms with Gasteiger partial charge in [-0.25, -0.2) is 0 Å². The summed E-state index contributed by atoms with van der Waals surface area (Å²) in [6.45, 7) is 8.20. The zero-order valence-electron chi connectivity index (χ0n) is 11.8. The molecule has 0 bridgehead atoms. The van der Waals surface area contributed by atoms with Crippen LogP contribution in [0.5, 0.6) is 5.75 Å². The number of ether oxygens (including phenoxy) is 1. The number of hydrogen-bond acceptors (Lipinski definition) is 2. The molecule has 2 nitrogen and oxygen atoms in total. The van der Waals surface area contributed by atoms with E-state index in [2.05, 4.69) is 37.9 Å². The summed E-state index contributed by atoms with van der Waals surface area (Å²) in [5.74, 6) is 0.977. The van der Waals surface area contributed by atoms with E-state index in [-0.39, 0.29) is 0 Å². The Balaban J connectivity index is 2.48. The topological polar surface area (TPSA) is 21.3 Å². The molecule has 0 saturated carbocycles. The molecule has 18 heavy (non-hydrogen) atoms. The first-order chi connectivity index (χ1) is 8.67. The van der Waals surface area contributed by atoms with Crippen LogP contribution in [-0.4, -0.2) is 19.2 Å². The monoisotopic (exact) mass is 247 g/mol. The summed E-state index contributed by atoms with van der Waals surface area (Å²) in [6, 6.07) is 9.18. The molecule has 1 rings (SSSR count). The third-order valence-electron chi connectivity index (χ3n) is 3.09. The maximum atomic E-state index is 5.38. The average Bonchev–Trinajstić information content (AvgIpc) is 2.36. The van der Waals surface area contributed by atoms with Crippen molar-refractivity contribution >= 4 is 0 Å². The van der Waals surface area contributed by atoms with Crippen LogP contribution in [0.15, 0.2) is 36.9 Å². The highest BCUT2D eigenvalue weighted by Crippen LogP contribution is 2.19. The van der Waals surface area contributed by atoms with E-state index in [1.54, 1.807) is 7.11 Å². The van der Waals surface area contributed by atoms with Gasteiger partial charge in [0.1, 0.15) is 5.75 Å². The number of benzene rings is 1. The first-order valence-electron chi connectivity index (χ1n) is 6.66. The van der Waals surface area contributed by atoms with E-state index in [1.165, 1.54) is 5.56 Å². The minimum Gasteiger partial charge on any atom is -0.496 e. The number of methoxy groups -OCH3 is 1. The third kappa shape index (κ3) is 4.92. The minimum atomic E-state index is 0.445. The zero-order valence-corrected chi connectivity index (χ0v) is 11.8. The minimum absolute atomic E-state index is 0.445. The van der Waals surface area contributed by atoms with E-state index in [0.29, 0.717) is 12.1 Å². The average molecular weight is 247 g/mol. The Morgan fingerprint density at radius 1 is 1.28 bits per heavy atom. The third-order valence-corrected chi connectivity index (χ3v) is 3.09. The lowest BCUT2D eigenvalue weighted by atomic mass is 10.0. The number of hydrogen-bond donors (Lipinski definition) is 1. The molecule has 0 saturated heterocycles. The molecule has 0 aromatic heterocycles. The number of allylic oxidation sites excluding steroid dienone is 1. The molecule has 0 aliphatic rings. The Labute approximate surface area is 111 Å². The molecule has 1 N–H and O–H groups in total. The Morgan fingerprint density at radius 3 is 2.67 bits per heavy atom. The summed E-state index contributed by atoms with van der Waals surface area (Å²) in [6.07, 6.45) is 5.17. The predicted octanol–water partition coefficient (Wildman–Crippen LogP) is 3.57. The van der Waals surface area contributed by atoms with Crippen molar-refractivity contribution in [2.24, 2.45) is 0 Å². The van der Waals surface area contributed by atoms with Crippen molar-refractivity contribution in [1.29, 1.82) is 0 Å². The van der Waals surface area contributed by atoms with Gasteiger partial charge in [0.15, 0.2) is 0 Å². The molecule has 100 valence electrons. The highest BCUT2D eigenvalue weighted by molar-refractivity contribution is 5.33. The fourth-order valence-electron chi connectivity index (χ4n) is 2.20. The van der Waals surface area contributed by atoms with Crippen LogP contribution in [0.25, 0.3) is 0 Å². The molecular weight excluding hydrogens is 222 g/mol. The van der Waals surface area contributed by atoms with Crippen LogP contribution in [0.3, 0.4) is 0 Å². The van der Waals surface area contributed by atoms with E-state index in [0.717, 1.165) is 25.0 Å². The Bertz CT molecular complexity index is 362. The van der Waals surface area contributed by atoms with Crippen LogP contribution in [0.2, 0.25) is 0 Å². The molecule has 0 spiro atoms. The van der Waals surface area contributed by atoms with Gasteiger partial charge >= 0.3 is 0 Å². The Morgan fingerprint density at radius 2 is 2.00 bits per heavy atom. The molecule has 2 unspecified atom stereocenters. The van der Waals surface area contributed by atoms with Gasteiger partial charge in [-0.3, -0.25) is 0 Å². The normalized spacial score (nSPS) is 13.9. The molecule has 2 atom stereocenters. The van der Waals surface area contributed by atoms with Crippen LogP contribution < -0.4 is 10.1 Å². The van der Waals surface area contributed by atoms with E-state index in [9.17, 15) is 0 Å². The van der Waals surface area contributed by atoms with Gasteiger partial charge in [0.25, 0.3) is 0 Å². The van der Waals surface area contributed by atoms with Crippen LogP contribution >= 0.6 is 0 Å². The fourth-order valence-corrected chi connectivity index (χ4v) is 2.20. The Hall–Kier alpha value is -1.28. The van der Waals surface area contributed by atoms with Crippen molar-refractivity contribution in [2.45, 2.75) is 45.2 Å². The van der Waals surface area contributed by atoms with Crippen molar-refractivity contribution in [1.82, 2.24) is 5.32 Å². The van der Waals surface area contributed by atoms with Gasteiger partial charge in [0.2, 0.25) is 0 Å². The molecule has 0 heterocycles. The molecule has 1 aromatic rings. The van der Waals surface area contributed by atoms with Gasteiger partial charge in [0, 0.05) is 12.1 Å². The smallest absolute Gasteiger partial charge is 0.122 e. The highest BCUT2D eigenvalue weighted by Gasteiger charge is 2.10. The maximum Gasteiger partial charge on any atom is 0.122 e. The second-order valence-corrected chi connectivity index (χ2v) is 4.85. The number of para-hydroxylation sites is 1. The summed E-state index contributed by atoms with van der Waals surface area (Å²) in [7, 11) is 1.73. The Kier molecular flexibility index (Phi) is 6.51. The molecule has 0 aliphatic carbocycles. The molecule has 0 fully saturated rings.